The molecule has 5 heteroatoms. The second kappa shape index (κ2) is 16.5. The molecule has 1 N–H and O–H groups in total. The Kier molecular flexibility index (Phi) is 13.1. The van der Waals surface area contributed by atoms with Crippen LogP contribution in [0.4, 0.5) is 0 Å². The minimum absolute atomic E-state index is 0.00937. The van der Waals surface area contributed by atoms with E-state index in [1.165, 1.54) is 81.9 Å². The first-order valence-electron chi connectivity index (χ1n) is 15.7. The molecule has 0 aromatic heterocycles. The highest BCUT2D eigenvalue weighted by atomic mass is 16.5. The Balaban J connectivity index is 1.52. The molecule has 1 saturated carbocycles. The van der Waals surface area contributed by atoms with E-state index in [1.807, 2.05) is 12.1 Å². The average Bonchev–Trinajstić information content (AvgIpc) is 3.00. The number of hydrogen-bond donors (Lipinski definition) is 1. The highest BCUT2D eigenvalue weighted by Crippen LogP contribution is 2.37. The van der Waals surface area contributed by atoms with Crippen LogP contribution >= 0.6 is 0 Å². The van der Waals surface area contributed by atoms with Crippen molar-refractivity contribution in [2.45, 2.75) is 102 Å². The molecule has 0 amide bonds. The van der Waals surface area contributed by atoms with E-state index in [0.29, 0.717) is 5.92 Å². The predicted molar refractivity (Wildman–Crippen MR) is 169 cm³/mol. The number of carbonyl (C=O) groups is 2. The van der Waals surface area contributed by atoms with E-state index in [1.54, 1.807) is 0 Å². The van der Waals surface area contributed by atoms with E-state index in [0.717, 1.165) is 30.4 Å². The second-order valence-corrected chi connectivity index (χ2v) is 12.4. The van der Waals surface area contributed by atoms with Gasteiger partial charge in [0.1, 0.15) is 13.2 Å². The molecule has 42 heavy (non-hydrogen) atoms. The minimum Gasteiger partial charge on any atom is -0.462 e. The van der Waals surface area contributed by atoms with Crippen LogP contribution in [0.3, 0.4) is 0 Å². The fourth-order valence-corrected chi connectivity index (χ4v) is 5.66. The summed E-state index contributed by atoms with van der Waals surface area (Å²) < 4.78 is 10.7. The first kappa shape index (κ1) is 33.3. The van der Waals surface area contributed by atoms with Gasteiger partial charge in [0.15, 0.2) is 0 Å². The summed E-state index contributed by atoms with van der Waals surface area (Å²) in [6.45, 7) is 12.3. The quantitative estimate of drug-likeness (QED) is 0.125. The second-order valence-electron chi connectivity index (χ2n) is 12.4. The summed E-state index contributed by atoms with van der Waals surface area (Å²) >= 11 is 0. The molecular formula is C37H50O5. The molecule has 0 heterocycles. The van der Waals surface area contributed by atoms with Crippen molar-refractivity contribution in [1.29, 1.82) is 0 Å². The molecule has 2 aromatic carbocycles. The number of esters is 2. The summed E-state index contributed by atoms with van der Waals surface area (Å²) in [6.07, 6.45) is 13.9. The van der Waals surface area contributed by atoms with Crippen LogP contribution in [0.15, 0.2) is 73.3 Å². The largest absolute Gasteiger partial charge is 0.462 e. The first-order valence-corrected chi connectivity index (χ1v) is 15.7. The Morgan fingerprint density at radius 2 is 1.50 bits per heavy atom. The monoisotopic (exact) mass is 574 g/mol. The van der Waals surface area contributed by atoms with Crippen molar-refractivity contribution in [2.75, 3.05) is 13.2 Å². The van der Waals surface area contributed by atoms with E-state index < -0.39 is 17.5 Å². The van der Waals surface area contributed by atoms with Crippen molar-refractivity contribution in [2.24, 2.45) is 5.92 Å². The van der Waals surface area contributed by atoms with Gasteiger partial charge in [-0.1, -0.05) is 94.3 Å². The number of hydrogen-bond acceptors (Lipinski definition) is 5. The smallest absolute Gasteiger partial charge is 0.336 e. The Bertz CT molecular complexity index is 1150. The van der Waals surface area contributed by atoms with Crippen molar-refractivity contribution >= 4 is 11.9 Å². The third kappa shape index (κ3) is 10.6. The van der Waals surface area contributed by atoms with E-state index in [4.69, 9.17) is 9.47 Å². The maximum atomic E-state index is 12.4. The molecule has 0 aliphatic heterocycles. The molecule has 0 radical (unpaired) electrons. The van der Waals surface area contributed by atoms with Crippen LogP contribution in [0.5, 0.6) is 0 Å². The Morgan fingerprint density at radius 1 is 0.929 bits per heavy atom. The molecule has 1 fully saturated rings. The fraction of sp³-hybridized carbons (Fsp3) is 0.514. The standard InChI is InChI=1S/C37H50O5/c1-6-8-9-10-28-13-19-31(20-14-28)32-21-15-29(16-22-32)11-12-30-17-23-33(24-18-30)34(25-41-35(38)7-2)26-42-36(39)27(3)37(4,5)40/h7,15-18,21-24,28,31,34,40H,2-3,6,8-14,19-20,25-26H2,1,4-5H3. The van der Waals surface area contributed by atoms with Crippen LogP contribution in [-0.4, -0.2) is 35.9 Å². The number of unbranched alkanes of at least 4 members (excludes halogenated alkanes) is 2. The Morgan fingerprint density at radius 3 is 2.05 bits per heavy atom. The lowest BCUT2D eigenvalue weighted by molar-refractivity contribution is -0.143. The summed E-state index contributed by atoms with van der Waals surface area (Å²) in [6, 6.07) is 17.4. The maximum absolute atomic E-state index is 12.4. The van der Waals surface area contributed by atoms with Crippen molar-refractivity contribution < 1.29 is 24.2 Å². The van der Waals surface area contributed by atoms with E-state index in [2.05, 4.69) is 56.5 Å². The van der Waals surface area contributed by atoms with Gasteiger partial charge in [-0.25, -0.2) is 9.59 Å². The molecule has 0 spiro atoms. The number of aryl methyl sites for hydroxylation is 2. The van der Waals surface area contributed by atoms with Gasteiger partial charge >= 0.3 is 11.9 Å². The average molecular weight is 575 g/mol. The molecule has 1 atom stereocenters. The van der Waals surface area contributed by atoms with Gasteiger partial charge in [-0.15, -0.1) is 0 Å². The van der Waals surface area contributed by atoms with Crippen LogP contribution in [0, 0.1) is 5.92 Å². The summed E-state index contributed by atoms with van der Waals surface area (Å²) in [5.41, 5.74) is 3.52. The van der Waals surface area contributed by atoms with E-state index >= 15 is 0 Å². The van der Waals surface area contributed by atoms with Crippen LogP contribution in [0.2, 0.25) is 0 Å². The zero-order valence-electron chi connectivity index (χ0n) is 25.9. The number of rotatable bonds is 16. The number of aliphatic hydroxyl groups is 1. The van der Waals surface area contributed by atoms with Crippen molar-refractivity contribution in [3.05, 3.63) is 95.6 Å². The number of benzene rings is 2. The molecule has 0 bridgehead atoms. The summed E-state index contributed by atoms with van der Waals surface area (Å²) in [5.74, 6) is 0.0653. The molecule has 1 aliphatic rings. The zero-order valence-corrected chi connectivity index (χ0v) is 25.9. The van der Waals surface area contributed by atoms with Crippen LogP contribution in [0.1, 0.15) is 106 Å². The summed E-state index contributed by atoms with van der Waals surface area (Å²) in [5, 5.41) is 10.0. The maximum Gasteiger partial charge on any atom is 0.336 e. The Labute approximate surface area is 253 Å². The number of ether oxygens (including phenoxy) is 2. The molecule has 228 valence electrons. The van der Waals surface area contributed by atoms with Crippen LogP contribution in [0.25, 0.3) is 0 Å². The lowest BCUT2D eigenvalue weighted by Crippen LogP contribution is -2.29. The number of carbonyl (C=O) groups excluding carboxylic acids is 2. The normalized spacial score (nSPS) is 17.7. The van der Waals surface area contributed by atoms with Crippen LogP contribution < -0.4 is 0 Å². The molecule has 5 nitrogen and oxygen atoms in total. The van der Waals surface area contributed by atoms with Gasteiger partial charge in [0, 0.05) is 6.08 Å². The van der Waals surface area contributed by atoms with Crippen molar-refractivity contribution in [1.82, 2.24) is 0 Å². The minimum atomic E-state index is -1.38. The van der Waals surface area contributed by atoms with Gasteiger partial charge in [-0.05, 0) is 86.5 Å². The van der Waals surface area contributed by atoms with Crippen molar-refractivity contribution in [3.63, 3.8) is 0 Å². The van der Waals surface area contributed by atoms with E-state index in [9.17, 15) is 14.7 Å². The highest BCUT2D eigenvalue weighted by Gasteiger charge is 2.26. The fourth-order valence-electron chi connectivity index (χ4n) is 5.66. The lowest BCUT2D eigenvalue weighted by Gasteiger charge is -2.29. The Hall–Kier alpha value is -3.18. The van der Waals surface area contributed by atoms with Crippen molar-refractivity contribution in [3.8, 4) is 0 Å². The lowest BCUT2D eigenvalue weighted by atomic mass is 9.77. The topological polar surface area (TPSA) is 72.8 Å². The third-order valence-electron chi connectivity index (χ3n) is 8.66. The predicted octanol–water partition coefficient (Wildman–Crippen LogP) is 8.01. The van der Waals surface area contributed by atoms with Gasteiger partial charge in [0.25, 0.3) is 0 Å². The van der Waals surface area contributed by atoms with Gasteiger partial charge in [-0.2, -0.15) is 0 Å². The molecule has 1 unspecified atom stereocenters. The molecule has 2 aromatic rings. The summed E-state index contributed by atoms with van der Waals surface area (Å²) in [7, 11) is 0. The molecule has 0 saturated heterocycles. The molecule has 1 aliphatic carbocycles. The van der Waals surface area contributed by atoms with Gasteiger partial charge in [0.2, 0.25) is 0 Å². The van der Waals surface area contributed by atoms with E-state index in [-0.39, 0.29) is 24.7 Å². The van der Waals surface area contributed by atoms with Gasteiger partial charge in [0.05, 0.1) is 17.1 Å². The zero-order chi connectivity index (χ0) is 30.5. The first-order chi connectivity index (χ1) is 20.1. The summed E-state index contributed by atoms with van der Waals surface area (Å²) in [4.78, 5) is 24.0. The molecule has 3 rings (SSSR count). The SMILES string of the molecule is C=CC(=O)OCC(COC(=O)C(=C)C(C)(C)O)c1ccc(CCc2ccc(C3CCC(CCCCC)CC3)cc2)cc1. The van der Waals surface area contributed by atoms with Crippen LogP contribution in [-0.2, 0) is 31.9 Å². The highest BCUT2D eigenvalue weighted by molar-refractivity contribution is 5.89. The van der Waals surface area contributed by atoms with Gasteiger partial charge in [-0.3, -0.25) is 0 Å². The third-order valence-corrected chi connectivity index (χ3v) is 8.66. The van der Waals surface area contributed by atoms with Gasteiger partial charge < -0.3 is 14.6 Å². The molecular weight excluding hydrogens is 524 g/mol.